The van der Waals surface area contributed by atoms with E-state index in [0.29, 0.717) is 11.4 Å². The zero-order valence-corrected chi connectivity index (χ0v) is 13.0. The number of amides is 1. The van der Waals surface area contributed by atoms with E-state index in [1.807, 2.05) is 0 Å². The van der Waals surface area contributed by atoms with Crippen LogP contribution in [0.1, 0.15) is 16.2 Å². The highest BCUT2D eigenvalue weighted by Crippen LogP contribution is 2.29. The van der Waals surface area contributed by atoms with Gasteiger partial charge in [-0.1, -0.05) is 23.2 Å². The van der Waals surface area contributed by atoms with E-state index in [1.165, 1.54) is 22.9 Å². The van der Waals surface area contributed by atoms with E-state index >= 15 is 0 Å². The first-order chi connectivity index (χ1) is 10.3. The molecule has 0 radical (unpaired) electrons. The number of aromatic nitrogens is 2. The number of halogens is 4. The van der Waals surface area contributed by atoms with Gasteiger partial charge in [0.2, 0.25) is 0 Å². The number of hydrogen-bond donors (Lipinski definition) is 1. The molecule has 9 heteroatoms. The maximum absolute atomic E-state index is 12.2. The van der Waals surface area contributed by atoms with E-state index in [0.717, 1.165) is 0 Å². The van der Waals surface area contributed by atoms with Crippen molar-refractivity contribution in [3.8, 4) is 5.75 Å². The van der Waals surface area contributed by atoms with Crippen molar-refractivity contribution in [2.24, 2.45) is 7.05 Å². The quantitative estimate of drug-likeness (QED) is 0.910. The molecule has 2 rings (SSSR count). The lowest BCUT2D eigenvalue weighted by molar-refractivity contribution is -0.0497. The number of rotatable bonds is 4. The second-order valence-corrected chi connectivity index (χ2v) is 5.13. The summed E-state index contributed by atoms with van der Waals surface area (Å²) in [7, 11) is 1.58. The second kappa shape index (κ2) is 6.50. The summed E-state index contributed by atoms with van der Waals surface area (Å²) in [5.74, 6) is -0.671. The zero-order chi connectivity index (χ0) is 16.4. The van der Waals surface area contributed by atoms with Crippen LogP contribution in [0.25, 0.3) is 0 Å². The number of anilines is 1. The van der Waals surface area contributed by atoms with Crippen molar-refractivity contribution in [2.75, 3.05) is 5.32 Å². The Hall–Kier alpha value is -1.86. The lowest BCUT2D eigenvalue weighted by Gasteiger charge is -2.10. The summed E-state index contributed by atoms with van der Waals surface area (Å²) in [6, 6.07) is 3.92. The number of ether oxygens (including phenoxy) is 1. The maximum atomic E-state index is 12.2. The normalized spacial score (nSPS) is 10.9. The van der Waals surface area contributed by atoms with Crippen molar-refractivity contribution in [1.82, 2.24) is 9.78 Å². The number of nitrogens with zero attached hydrogens (tertiary/aromatic N) is 2. The van der Waals surface area contributed by atoms with E-state index in [2.05, 4.69) is 15.2 Å². The summed E-state index contributed by atoms with van der Waals surface area (Å²) in [6.45, 7) is -1.30. The van der Waals surface area contributed by atoms with E-state index in [9.17, 15) is 13.6 Å². The fraction of sp³-hybridized carbons (Fsp3) is 0.231. The monoisotopic (exact) mass is 349 g/mol. The third kappa shape index (κ3) is 3.48. The Morgan fingerprint density at radius 1 is 1.41 bits per heavy atom. The Bertz CT molecular complexity index is 720. The minimum Gasteiger partial charge on any atom is -0.433 e. The largest absolute Gasteiger partial charge is 0.433 e. The lowest BCUT2D eigenvalue weighted by atomic mass is 10.2. The van der Waals surface area contributed by atoms with Crippen LogP contribution in [0, 0.1) is 6.92 Å². The molecule has 0 unspecified atom stereocenters. The fourth-order valence-electron chi connectivity index (χ4n) is 1.84. The van der Waals surface area contributed by atoms with Crippen LogP contribution in [0.2, 0.25) is 10.0 Å². The first kappa shape index (κ1) is 16.5. The van der Waals surface area contributed by atoms with Crippen molar-refractivity contribution in [2.45, 2.75) is 13.5 Å². The molecule has 1 heterocycles. The average Bonchev–Trinajstić information content (AvgIpc) is 2.66. The topological polar surface area (TPSA) is 56.2 Å². The van der Waals surface area contributed by atoms with Crippen molar-refractivity contribution >= 4 is 34.8 Å². The van der Waals surface area contributed by atoms with Crippen LogP contribution in [-0.2, 0) is 7.05 Å². The number of benzene rings is 1. The molecule has 1 aromatic carbocycles. The first-order valence-electron chi connectivity index (χ1n) is 6.04. The number of carbonyl (C=O) groups excluding carboxylic acids is 1. The molecular weight excluding hydrogens is 339 g/mol. The predicted octanol–water partition coefficient (Wildman–Crippen LogP) is 3.89. The van der Waals surface area contributed by atoms with E-state index in [4.69, 9.17) is 23.2 Å². The molecule has 0 spiro atoms. The van der Waals surface area contributed by atoms with Crippen molar-refractivity contribution in [3.63, 3.8) is 0 Å². The van der Waals surface area contributed by atoms with Crippen molar-refractivity contribution in [1.29, 1.82) is 0 Å². The van der Waals surface area contributed by atoms with Crippen molar-refractivity contribution in [3.05, 3.63) is 39.6 Å². The summed E-state index contributed by atoms with van der Waals surface area (Å²) >= 11 is 11.8. The van der Waals surface area contributed by atoms with Gasteiger partial charge in [-0.3, -0.25) is 9.48 Å². The van der Waals surface area contributed by atoms with Gasteiger partial charge in [-0.15, -0.1) is 0 Å². The van der Waals surface area contributed by atoms with Gasteiger partial charge >= 0.3 is 6.61 Å². The Kier molecular flexibility index (Phi) is 4.87. The SMILES string of the molecule is Cc1nn(C)c(C(=O)Nc2ccc(OC(F)F)c(Cl)c2)c1Cl. The highest BCUT2D eigenvalue weighted by Gasteiger charge is 2.19. The summed E-state index contributed by atoms with van der Waals surface area (Å²) in [6.07, 6.45) is 0. The third-order valence-corrected chi connectivity index (χ3v) is 3.52. The number of alkyl halides is 2. The molecule has 0 aliphatic rings. The zero-order valence-electron chi connectivity index (χ0n) is 11.5. The molecule has 0 fully saturated rings. The Morgan fingerprint density at radius 3 is 2.59 bits per heavy atom. The van der Waals surface area contributed by atoms with Gasteiger partial charge < -0.3 is 10.1 Å². The van der Waals surface area contributed by atoms with Gasteiger partial charge in [0.25, 0.3) is 5.91 Å². The molecule has 0 atom stereocenters. The molecule has 1 amide bonds. The molecule has 22 heavy (non-hydrogen) atoms. The summed E-state index contributed by atoms with van der Waals surface area (Å²) < 4.78 is 29.9. The standard InChI is InChI=1S/C13H11Cl2F2N3O2/c1-6-10(15)11(20(2)19-6)12(21)18-7-3-4-9(8(14)5-7)22-13(16)17/h3-5,13H,1-2H3,(H,18,21). The van der Waals surface area contributed by atoms with Gasteiger partial charge in [-0.05, 0) is 25.1 Å². The van der Waals surface area contributed by atoms with Crippen LogP contribution in [0.15, 0.2) is 18.2 Å². The van der Waals surface area contributed by atoms with Crippen LogP contribution in [0.4, 0.5) is 14.5 Å². The molecule has 0 saturated heterocycles. The average molecular weight is 350 g/mol. The van der Waals surface area contributed by atoms with Gasteiger partial charge in [-0.25, -0.2) is 0 Å². The van der Waals surface area contributed by atoms with Gasteiger partial charge in [0.05, 0.1) is 15.7 Å². The number of nitrogens with one attached hydrogen (secondary N) is 1. The lowest BCUT2D eigenvalue weighted by Crippen LogP contribution is -2.16. The molecule has 1 N–H and O–H groups in total. The highest BCUT2D eigenvalue weighted by atomic mass is 35.5. The molecule has 1 aromatic heterocycles. The third-order valence-electron chi connectivity index (χ3n) is 2.77. The van der Waals surface area contributed by atoms with Gasteiger partial charge in [0.1, 0.15) is 11.4 Å². The minimum atomic E-state index is -2.98. The van der Waals surface area contributed by atoms with Crippen LogP contribution < -0.4 is 10.1 Å². The molecule has 5 nitrogen and oxygen atoms in total. The number of carbonyl (C=O) groups is 1. The van der Waals surface area contributed by atoms with E-state index in [-0.39, 0.29) is 21.5 Å². The van der Waals surface area contributed by atoms with Crippen LogP contribution in [-0.4, -0.2) is 22.3 Å². The fourth-order valence-corrected chi connectivity index (χ4v) is 2.31. The van der Waals surface area contributed by atoms with Gasteiger partial charge in [0, 0.05) is 12.7 Å². The molecule has 118 valence electrons. The van der Waals surface area contributed by atoms with Gasteiger partial charge in [0.15, 0.2) is 0 Å². The minimum absolute atomic E-state index is 0.0506. The Balaban J connectivity index is 2.20. The van der Waals surface area contributed by atoms with E-state index < -0.39 is 12.5 Å². The summed E-state index contributed by atoms with van der Waals surface area (Å²) in [5, 5.41) is 6.78. The molecule has 0 bridgehead atoms. The van der Waals surface area contributed by atoms with Crippen molar-refractivity contribution < 1.29 is 18.3 Å². The summed E-state index contributed by atoms with van der Waals surface area (Å²) in [4.78, 5) is 12.2. The highest BCUT2D eigenvalue weighted by molar-refractivity contribution is 6.35. The Morgan fingerprint density at radius 2 is 2.09 bits per heavy atom. The molecular formula is C13H11Cl2F2N3O2. The molecule has 2 aromatic rings. The smallest absolute Gasteiger partial charge is 0.387 e. The first-order valence-corrected chi connectivity index (χ1v) is 6.80. The maximum Gasteiger partial charge on any atom is 0.387 e. The number of hydrogen-bond acceptors (Lipinski definition) is 3. The second-order valence-electron chi connectivity index (χ2n) is 4.35. The molecule has 0 aliphatic heterocycles. The molecule has 0 aliphatic carbocycles. The van der Waals surface area contributed by atoms with Crippen LogP contribution in [0.3, 0.4) is 0 Å². The van der Waals surface area contributed by atoms with Crippen LogP contribution >= 0.6 is 23.2 Å². The number of aryl methyl sites for hydroxylation is 2. The van der Waals surface area contributed by atoms with Gasteiger partial charge in [-0.2, -0.15) is 13.9 Å². The van der Waals surface area contributed by atoms with Crippen LogP contribution in [0.5, 0.6) is 5.75 Å². The molecule has 0 saturated carbocycles. The summed E-state index contributed by atoms with van der Waals surface area (Å²) in [5.41, 5.74) is 1.02. The predicted molar refractivity (Wildman–Crippen MR) is 79.0 cm³/mol. The van der Waals surface area contributed by atoms with E-state index in [1.54, 1.807) is 14.0 Å². The Labute approximate surface area is 134 Å².